The fourth-order valence-electron chi connectivity index (χ4n) is 2.76. The zero-order valence-corrected chi connectivity index (χ0v) is 17.7. The monoisotopic (exact) mass is 418 g/mol. The lowest BCUT2D eigenvalue weighted by Crippen LogP contribution is -2.41. The van der Waals surface area contributed by atoms with Crippen LogP contribution in [0.5, 0.6) is 0 Å². The number of benzene rings is 2. The molecule has 2 aromatic rings. The Morgan fingerprint density at radius 1 is 1.00 bits per heavy atom. The van der Waals surface area contributed by atoms with Crippen molar-refractivity contribution in [3.05, 3.63) is 65.2 Å². The molecule has 156 valence electrons. The van der Waals surface area contributed by atoms with Gasteiger partial charge in [0, 0.05) is 0 Å². The second kappa shape index (κ2) is 9.67. The van der Waals surface area contributed by atoms with E-state index in [1.165, 1.54) is 19.1 Å². The van der Waals surface area contributed by atoms with Crippen LogP contribution in [0.3, 0.4) is 0 Å². The zero-order valence-electron chi connectivity index (χ0n) is 16.9. The van der Waals surface area contributed by atoms with Crippen LogP contribution in [0.4, 0.5) is 0 Å². The molecule has 7 nitrogen and oxygen atoms in total. The van der Waals surface area contributed by atoms with E-state index in [-0.39, 0.29) is 10.9 Å². The molecule has 0 heterocycles. The van der Waals surface area contributed by atoms with Crippen molar-refractivity contribution in [2.75, 3.05) is 6.61 Å². The van der Waals surface area contributed by atoms with Gasteiger partial charge >= 0.3 is 5.97 Å². The van der Waals surface area contributed by atoms with E-state index >= 15 is 0 Å². The highest BCUT2D eigenvalue weighted by Gasteiger charge is 2.24. The summed E-state index contributed by atoms with van der Waals surface area (Å²) in [6.07, 6.45) is 0. The number of rotatable bonds is 8. The number of aryl methyl sites for hydroxylation is 2. The number of amides is 1. The Hall–Kier alpha value is -2.71. The molecule has 2 atom stereocenters. The van der Waals surface area contributed by atoms with E-state index in [1.54, 1.807) is 12.1 Å². The minimum atomic E-state index is -3.87. The highest BCUT2D eigenvalue weighted by atomic mass is 32.2. The first kappa shape index (κ1) is 22.6. The molecule has 0 radical (unpaired) electrons. The normalized spacial score (nSPS) is 13.4. The number of carbonyl (C=O) groups is 2. The topological polar surface area (TPSA) is 102 Å². The molecule has 0 aliphatic carbocycles. The summed E-state index contributed by atoms with van der Waals surface area (Å²) >= 11 is 0. The third-order valence-electron chi connectivity index (χ3n) is 4.39. The molecule has 0 spiro atoms. The number of sulfonamides is 1. The van der Waals surface area contributed by atoms with E-state index in [4.69, 9.17) is 4.74 Å². The minimum Gasteiger partial charge on any atom is -0.454 e. The average molecular weight is 419 g/mol. The molecule has 0 bridgehead atoms. The second-order valence-corrected chi connectivity index (χ2v) is 8.62. The Balaban J connectivity index is 1.87. The summed E-state index contributed by atoms with van der Waals surface area (Å²) in [5, 5.41) is 2.76. The summed E-state index contributed by atoms with van der Waals surface area (Å²) in [5.41, 5.74) is 2.92. The number of hydrogen-bond donors (Lipinski definition) is 2. The average Bonchev–Trinajstić information content (AvgIpc) is 2.66. The van der Waals surface area contributed by atoms with Crippen LogP contribution in [0, 0.1) is 13.8 Å². The zero-order chi connectivity index (χ0) is 21.6. The molecule has 1 amide bonds. The smallest absolute Gasteiger partial charge is 0.324 e. The van der Waals surface area contributed by atoms with Crippen molar-refractivity contribution < 1.29 is 22.7 Å². The number of nitrogens with one attached hydrogen (secondary N) is 2. The number of hydrogen-bond acceptors (Lipinski definition) is 5. The van der Waals surface area contributed by atoms with Gasteiger partial charge in [0.15, 0.2) is 6.61 Å². The summed E-state index contributed by atoms with van der Waals surface area (Å²) in [6, 6.07) is 12.5. The highest BCUT2D eigenvalue weighted by molar-refractivity contribution is 7.89. The SMILES string of the molecule is Cc1ccc(S(=O)(=O)N[C@@H](C)C(=O)OCC(=O)NC(C)c2ccccc2C)cc1. The van der Waals surface area contributed by atoms with Gasteiger partial charge in [-0.25, -0.2) is 8.42 Å². The van der Waals surface area contributed by atoms with Gasteiger partial charge in [0.1, 0.15) is 6.04 Å². The van der Waals surface area contributed by atoms with Gasteiger partial charge in [0.2, 0.25) is 10.0 Å². The quantitative estimate of drug-likeness (QED) is 0.641. The number of ether oxygens (including phenoxy) is 1. The Bertz CT molecular complexity index is 971. The lowest BCUT2D eigenvalue weighted by molar-refractivity contribution is -0.149. The van der Waals surface area contributed by atoms with Crippen LogP contribution in [0.2, 0.25) is 0 Å². The standard InChI is InChI=1S/C21H26N2O5S/c1-14-9-11-18(12-10-14)29(26,27)23-17(4)21(25)28-13-20(24)22-16(3)19-8-6-5-7-15(19)2/h5-12,16-17,23H,13H2,1-4H3,(H,22,24)/t16?,17-/m0/s1. The molecule has 2 N–H and O–H groups in total. The van der Waals surface area contributed by atoms with E-state index in [0.717, 1.165) is 16.7 Å². The molecule has 1 unspecified atom stereocenters. The van der Waals surface area contributed by atoms with E-state index in [0.29, 0.717) is 0 Å². The van der Waals surface area contributed by atoms with Gasteiger partial charge in [0.05, 0.1) is 10.9 Å². The van der Waals surface area contributed by atoms with E-state index in [1.807, 2.05) is 45.0 Å². The van der Waals surface area contributed by atoms with Crippen molar-refractivity contribution in [2.45, 2.75) is 44.7 Å². The molecule has 0 saturated carbocycles. The maximum atomic E-state index is 12.3. The maximum Gasteiger partial charge on any atom is 0.324 e. The van der Waals surface area contributed by atoms with Crippen LogP contribution in [-0.4, -0.2) is 32.9 Å². The molecule has 0 saturated heterocycles. The van der Waals surface area contributed by atoms with Gasteiger partial charge < -0.3 is 10.1 Å². The summed E-state index contributed by atoms with van der Waals surface area (Å²) in [4.78, 5) is 24.2. The van der Waals surface area contributed by atoms with Gasteiger partial charge in [0.25, 0.3) is 5.91 Å². The molecular formula is C21H26N2O5S. The predicted octanol–water partition coefficient (Wildman–Crippen LogP) is 2.39. The van der Waals surface area contributed by atoms with Crippen molar-refractivity contribution in [1.82, 2.24) is 10.0 Å². The molecule has 2 aromatic carbocycles. The van der Waals surface area contributed by atoms with E-state index in [2.05, 4.69) is 10.0 Å². The fourth-order valence-corrected chi connectivity index (χ4v) is 3.95. The third kappa shape index (κ3) is 6.40. The van der Waals surface area contributed by atoms with Crippen LogP contribution in [0.15, 0.2) is 53.4 Å². The summed E-state index contributed by atoms with van der Waals surface area (Å²) in [5.74, 6) is -1.30. The van der Waals surface area contributed by atoms with Crippen molar-refractivity contribution in [3.63, 3.8) is 0 Å². The maximum absolute atomic E-state index is 12.3. The fraction of sp³-hybridized carbons (Fsp3) is 0.333. The first-order valence-corrected chi connectivity index (χ1v) is 10.7. The second-order valence-electron chi connectivity index (χ2n) is 6.91. The molecular weight excluding hydrogens is 392 g/mol. The van der Waals surface area contributed by atoms with Crippen LogP contribution in [0.1, 0.15) is 36.6 Å². The van der Waals surface area contributed by atoms with Gasteiger partial charge in [-0.05, 0) is 51.0 Å². The predicted molar refractivity (Wildman–Crippen MR) is 110 cm³/mol. The largest absolute Gasteiger partial charge is 0.454 e. The molecule has 0 fully saturated rings. The minimum absolute atomic E-state index is 0.0487. The van der Waals surface area contributed by atoms with Crippen molar-refractivity contribution in [3.8, 4) is 0 Å². The van der Waals surface area contributed by atoms with Crippen LogP contribution >= 0.6 is 0 Å². The lowest BCUT2D eigenvalue weighted by Gasteiger charge is -2.17. The Morgan fingerprint density at radius 3 is 2.24 bits per heavy atom. The molecule has 0 aromatic heterocycles. The highest BCUT2D eigenvalue weighted by Crippen LogP contribution is 2.16. The Morgan fingerprint density at radius 2 is 1.62 bits per heavy atom. The summed E-state index contributed by atoms with van der Waals surface area (Å²) in [6.45, 7) is 6.49. The Labute approximate surface area is 171 Å². The first-order chi connectivity index (χ1) is 13.6. The van der Waals surface area contributed by atoms with E-state index in [9.17, 15) is 18.0 Å². The summed E-state index contributed by atoms with van der Waals surface area (Å²) in [7, 11) is -3.87. The lowest BCUT2D eigenvalue weighted by atomic mass is 10.0. The van der Waals surface area contributed by atoms with Gasteiger partial charge in [-0.1, -0.05) is 42.0 Å². The van der Waals surface area contributed by atoms with Crippen molar-refractivity contribution in [1.29, 1.82) is 0 Å². The number of carbonyl (C=O) groups excluding carboxylic acids is 2. The molecule has 2 rings (SSSR count). The van der Waals surface area contributed by atoms with Gasteiger partial charge in [-0.2, -0.15) is 4.72 Å². The van der Waals surface area contributed by atoms with Gasteiger partial charge in [-0.3, -0.25) is 9.59 Å². The van der Waals surface area contributed by atoms with Crippen molar-refractivity contribution >= 4 is 21.9 Å². The van der Waals surface area contributed by atoms with Crippen LogP contribution in [0.25, 0.3) is 0 Å². The van der Waals surface area contributed by atoms with Crippen molar-refractivity contribution in [2.24, 2.45) is 0 Å². The third-order valence-corrected chi connectivity index (χ3v) is 5.95. The van der Waals surface area contributed by atoms with Crippen LogP contribution in [-0.2, 0) is 24.3 Å². The molecule has 0 aliphatic rings. The Kier molecular flexibility index (Phi) is 7.53. The molecule has 0 aliphatic heterocycles. The van der Waals surface area contributed by atoms with E-state index < -0.39 is 34.5 Å². The summed E-state index contributed by atoms with van der Waals surface area (Å²) < 4.78 is 31.9. The number of esters is 1. The van der Waals surface area contributed by atoms with Gasteiger partial charge in [-0.15, -0.1) is 0 Å². The molecule has 8 heteroatoms. The molecule has 29 heavy (non-hydrogen) atoms. The first-order valence-electron chi connectivity index (χ1n) is 9.20. The van der Waals surface area contributed by atoms with Crippen LogP contribution < -0.4 is 10.0 Å².